The average molecular weight is 419 g/mol. The van der Waals surface area contributed by atoms with E-state index >= 15 is 0 Å². The van der Waals surface area contributed by atoms with E-state index in [0.717, 1.165) is 11.1 Å². The Balaban J connectivity index is 1.78. The number of carbonyl (C=O) groups excluding carboxylic acids is 1. The summed E-state index contributed by atoms with van der Waals surface area (Å²) in [5, 5.41) is 3.06. The molecule has 1 heterocycles. The molecule has 1 N–H and O–H groups in total. The van der Waals surface area contributed by atoms with Crippen molar-refractivity contribution >= 4 is 15.9 Å². The van der Waals surface area contributed by atoms with Crippen molar-refractivity contribution in [1.29, 1.82) is 0 Å². The van der Waals surface area contributed by atoms with Gasteiger partial charge in [-0.2, -0.15) is 0 Å². The topological polar surface area (TPSA) is 66.5 Å². The highest BCUT2D eigenvalue weighted by atomic mass is 32.2. The minimum atomic E-state index is -3.33. The maximum Gasteiger partial charge on any atom is 0.225 e. The fourth-order valence-electron chi connectivity index (χ4n) is 3.72. The number of nitrogens with zero attached hydrogens (tertiary/aromatic N) is 1. The summed E-state index contributed by atoms with van der Waals surface area (Å²) in [4.78, 5) is 13.0. The summed E-state index contributed by atoms with van der Waals surface area (Å²) in [6.45, 7) is 2.50. The van der Waals surface area contributed by atoms with Gasteiger partial charge in [0.15, 0.2) is 0 Å². The van der Waals surface area contributed by atoms with Crippen molar-refractivity contribution < 1.29 is 17.6 Å². The van der Waals surface area contributed by atoms with Gasteiger partial charge in [0.25, 0.3) is 0 Å². The molecule has 2 aromatic carbocycles. The van der Waals surface area contributed by atoms with Crippen LogP contribution < -0.4 is 5.32 Å². The first-order valence-corrected chi connectivity index (χ1v) is 11.6. The predicted octanol–water partition coefficient (Wildman–Crippen LogP) is 3.48. The van der Waals surface area contributed by atoms with E-state index in [4.69, 9.17) is 0 Å². The van der Waals surface area contributed by atoms with Gasteiger partial charge in [0, 0.05) is 13.1 Å². The summed E-state index contributed by atoms with van der Waals surface area (Å²) in [6, 6.07) is 15.1. The molecule has 2 atom stereocenters. The van der Waals surface area contributed by atoms with Crippen molar-refractivity contribution in [2.75, 3.05) is 18.8 Å². The Kier molecular flexibility index (Phi) is 7.03. The van der Waals surface area contributed by atoms with Gasteiger partial charge in [0.05, 0.1) is 17.7 Å². The Morgan fingerprint density at radius 1 is 1.14 bits per heavy atom. The van der Waals surface area contributed by atoms with E-state index in [1.807, 2.05) is 37.3 Å². The van der Waals surface area contributed by atoms with Crippen LogP contribution in [0, 0.1) is 11.7 Å². The Morgan fingerprint density at radius 3 is 2.45 bits per heavy atom. The summed E-state index contributed by atoms with van der Waals surface area (Å²) in [5.74, 6) is -0.818. The van der Waals surface area contributed by atoms with E-state index < -0.39 is 22.0 Å². The molecule has 2 aromatic rings. The summed E-state index contributed by atoms with van der Waals surface area (Å²) < 4.78 is 39.6. The van der Waals surface area contributed by atoms with Crippen LogP contribution in [0.2, 0.25) is 0 Å². The van der Waals surface area contributed by atoms with E-state index in [1.54, 1.807) is 12.1 Å². The van der Waals surface area contributed by atoms with Gasteiger partial charge in [-0.1, -0.05) is 49.4 Å². The monoisotopic (exact) mass is 418 g/mol. The van der Waals surface area contributed by atoms with Crippen LogP contribution in [-0.2, 0) is 14.8 Å². The lowest BCUT2D eigenvalue weighted by molar-refractivity contribution is -0.126. The lowest BCUT2D eigenvalue weighted by Crippen LogP contribution is -2.46. The van der Waals surface area contributed by atoms with Gasteiger partial charge < -0.3 is 5.32 Å². The van der Waals surface area contributed by atoms with Gasteiger partial charge in [0.2, 0.25) is 15.9 Å². The van der Waals surface area contributed by atoms with Gasteiger partial charge in [-0.05, 0) is 42.5 Å². The molecule has 0 spiro atoms. The molecule has 0 unspecified atom stereocenters. The molecule has 5 nitrogen and oxygen atoms in total. The number of carbonyl (C=O) groups is 1. The van der Waals surface area contributed by atoms with Crippen LogP contribution in [-0.4, -0.2) is 37.5 Å². The van der Waals surface area contributed by atoms with Crippen LogP contribution in [0.3, 0.4) is 0 Å². The molecule has 29 heavy (non-hydrogen) atoms. The third-order valence-electron chi connectivity index (χ3n) is 5.23. The largest absolute Gasteiger partial charge is 0.345 e. The molecule has 0 radical (unpaired) electrons. The normalized spacial score (nSPS) is 18.9. The number of benzene rings is 2. The zero-order chi connectivity index (χ0) is 20.9. The number of hydrogen-bond donors (Lipinski definition) is 1. The number of amides is 1. The molecule has 1 amide bonds. The van der Waals surface area contributed by atoms with Crippen molar-refractivity contribution in [1.82, 2.24) is 9.62 Å². The van der Waals surface area contributed by atoms with E-state index in [-0.39, 0.29) is 24.0 Å². The van der Waals surface area contributed by atoms with E-state index in [1.165, 1.54) is 16.4 Å². The minimum absolute atomic E-state index is 0.101. The van der Waals surface area contributed by atoms with Crippen LogP contribution >= 0.6 is 0 Å². The number of halogens is 1. The highest BCUT2D eigenvalue weighted by Gasteiger charge is 2.33. The molecular formula is C22H27FN2O3S. The van der Waals surface area contributed by atoms with Crippen LogP contribution in [0.5, 0.6) is 0 Å². The molecule has 0 bridgehead atoms. The summed E-state index contributed by atoms with van der Waals surface area (Å²) in [7, 11) is -3.33. The fourth-order valence-corrected chi connectivity index (χ4v) is 5.30. The van der Waals surface area contributed by atoms with Gasteiger partial charge in [0.1, 0.15) is 5.82 Å². The second-order valence-electron chi connectivity index (χ2n) is 7.42. The van der Waals surface area contributed by atoms with Gasteiger partial charge in [-0.3, -0.25) is 4.79 Å². The third kappa shape index (κ3) is 5.42. The SMILES string of the molecule is CCCS(=O)(=O)N1CCC[C@@H](C(=O)N[C@H](c2ccccc2)c2ccc(F)cc2)C1. The van der Waals surface area contributed by atoms with Crippen LogP contribution in [0.15, 0.2) is 54.6 Å². The Labute approximate surface area is 172 Å². The molecule has 0 aliphatic carbocycles. The third-order valence-corrected chi connectivity index (χ3v) is 7.28. The first-order valence-electron chi connectivity index (χ1n) is 9.99. The van der Waals surface area contributed by atoms with Crippen LogP contribution in [0.1, 0.15) is 43.4 Å². The summed E-state index contributed by atoms with van der Waals surface area (Å²) in [6.07, 6.45) is 1.86. The Bertz CT molecular complexity index is 917. The van der Waals surface area contributed by atoms with Crippen molar-refractivity contribution in [3.05, 3.63) is 71.5 Å². The van der Waals surface area contributed by atoms with Crippen LogP contribution in [0.25, 0.3) is 0 Å². The van der Waals surface area contributed by atoms with Gasteiger partial charge in [-0.15, -0.1) is 0 Å². The Morgan fingerprint density at radius 2 is 1.79 bits per heavy atom. The molecule has 3 rings (SSSR count). The molecule has 1 saturated heterocycles. The highest BCUT2D eigenvalue weighted by Crippen LogP contribution is 2.25. The smallest absolute Gasteiger partial charge is 0.225 e. The molecule has 0 aromatic heterocycles. The van der Waals surface area contributed by atoms with Gasteiger partial charge in [-0.25, -0.2) is 17.1 Å². The lowest BCUT2D eigenvalue weighted by Gasteiger charge is -2.32. The van der Waals surface area contributed by atoms with Crippen molar-refractivity contribution in [3.8, 4) is 0 Å². The zero-order valence-corrected chi connectivity index (χ0v) is 17.4. The van der Waals surface area contributed by atoms with Crippen molar-refractivity contribution in [2.45, 2.75) is 32.2 Å². The minimum Gasteiger partial charge on any atom is -0.345 e. The molecule has 0 saturated carbocycles. The molecular weight excluding hydrogens is 391 g/mol. The average Bonchev–Trinajstić information content (AvgIpc) is 2.73. The van der Waals surface area contributed by atoms with E-state index in [0.29, 0.717) is 25.8 Å². The number of nitrogens with one attached hydrogen (secondary N) is 1. The molecule has 1 aliphatic heterocycles. The lowest BCUT2D eigenvalue weighted by atomic mass is 9.95. The van der Waals surface area contributed by atoms with Crippen molar-refractivity contribution in [3.63, 3.8) is 0 Å². The molecule has 7 heteroatoms. The van der Waals surface area contributed by atoms with E-state index in [9.17, 15) is 17.6 Å². The van der Waals surface area contributed by atoms with E-state index in [2.05, 4.69) is 5.32 Å². The maximum absolute atomic E-state index is 13.4. The summed E-state index contributed by atoms with van der Waals surface area (Å²) >= 11 is 0. The summed E-state index contributed by atoms with van der Waals surface area (Å²) in [5.41, 5.74) is 1.66. The van der Waals surface area contributed by atoms with Crippen molar-refractivity contribution in [2.24, 2.45) is 5.92 Å². The Hall–Kier alpha value is -2.25. The number of rotatable bonds is 7. The zero-order valence-electron chi connectivity index (χ0n) is 16.6. The second kappa shape index (κ2) is 9.50. The number of sulfonamides is 1. The fraction of sp³-hybridized carbons (Fsp3) is 0.409. The first kappa shape index (κ1) is 21.5. The standard InChI is InChI=1S/C22H27FN2O3S/c1-2-15-29(27,28)25-14-6-9-19(16-25)22(26)24-21(17-7-4-3-5-8-17)18-10-12-20(23)13-11-18/h3-5,7-8,10-13,19,21H,2,6,9,14-16H2,1H3,(H,24,26)/t19-,21-/m1/s1. The number of hydrogen-bond acceptors (Lipinski definition) is 3. The highest BCUT2D eigenvalue weighted by molar-refractivity contribution is 7.89. The number of piperidine rings is 1. The molecule has 1 fully saturated rings. The maximum atomic E-state index is 13.4. The quantitative estimate of drug-likeness (QED) is 0.749. The van der Waals surface area contributed by atoms with Gasteiger partial charge >= 0.3 is 0 Å². The van der Waals surface area contributed by atoms with Crippen LogP contribution in [0.4, 0.5) is 4.39 Å². The second-order valence-corrected chi connectivity index (χ2v) is 9.51. The predicted molar refractivity (Wildman–Crippen MR) is 111 cm³/mol. The molecule has 156 valence electrons. The molecule has 1 aliphatic rings. The first-order chi connectivity index (χ1) is 13.9.